The number of aliphatic imine (C=N–C) groups is 1. The first-order chi connectivity index (χ1) is 13.5. The number of hydrogen-bond donors (Lipinski definition) is 3. The summed E-state index contributed by atoms with van der Waals surface area (Å²) in [6, 6.07) is 12.5. The van der Waals surface area contributed by atoms with Crippen LogP contribution < -0.4 is 16.0 Å². The molecule has 0 saturated carbocycles. The molecule has 0 aliphatic carbocycles. The van der Waals surface area contributed by atoms with E-state index in [0.29, 0.717) is 13.0 Å². The lowest BCUT2D eigenvalue weighted by Gasteiger charge is -2.26. The first kappa shape index (κ1) is 23.2. The Bertz CT molecular complexity index is 871. The van der Waals surface area contributed by atoms with Crippen molar-refractivity contribution in [2.24, 2.45) is 4.99 Å². The highest BCUT2D eigenvalue weighted by Gasteiger charge is 2.24. The van der Waals surface area contributed by atoms with Gasteiger partial charge in [0.1, 0.15) is 0 Å². The number of fused-ring (bicyclic) bond motifs is 1. The first-order valence-electron chi connectivity index (χ1n) is 9.88. The topological polar surface area (TPSA) is 65.5 Å². The zero-order chi connectivity index (χ0) is 20.1. The lowest BCUT2D eigenvalue weighted by atomic mass is 9.90. The largest absolute Gasteiger partial charge is 0.356 e. The average molecular weight is 506 g/mol. The van der Waals surface area contributed by atoms with Crippen molar-refractivity contribution in [3.8, 4) is 0 Å². The quantitative estimate of drug-likeness (QED) is 0.326. The summed E-state index contributed by atoms with van der Waals surface area (Å²) in [5, 5.41) is 9.73. The highest BCUT2D eigenvalue weighted by molar-refractivity contribution is 14.0. The Morgan fingerprint density at radius 2 is 1.83 bits per heavy atom. The number of para-hydroxylation sites is 1. The van der Waals surface area contributed by atoms with Gasteiger partial charge in [-0.3, -0.25) is 9.79 Å². The molecule has 1 heterocycles. The van der Waals surface area contributed by atoms with Gasteiger partial charge in [0.2, 0.25) is 5.91 Å². The van der Waals surface area contributed by atoms with E-state index in [1.165, 1.54) is 27.8 Å². The molecule has 1 aliphatic rings. The van der Waals surface area contributed by atoms with Gasteiger partial charge in [0, 0.05) is 38.2 Å². The molecule has 1 atom stereocenters. The fourth-order valence-corrected chi connectivity index (χ4v) is 4.03. The fourth-order valence-electron chi connectivity index (χ4n) is 4.03. The highest BCUT2D eigenvalue weighted by Crippen LogP contribution is 2.31. The molecule has 0 aromatic heterocycles. The van der Waals surface area contributed by atoms with E-state index in [0.717, 1.165) is 24.6 Å². The summed E-state index contributed by atoms with van der Waals surface area (Å²) >= 11 is 0. The predicted octanol–water partition coefficient (Wildman–Crippen LogP) is 4.06. The standard InChI is InChI=1S/C23H30N4O.HI/c1-15-11-16(2)19(17(3)12-15)9-10-25-23(24-4)26-14-18-13-22(28)27-21-8-6-5-7-20(18)21;/h5-8,11-12,18H,9-10,13-14H2,1-4H3,(H,27,28)(H2,24,25,26);1H. The minimum atomic E-state index is 0. The maximum absolute atomic E-state index is 12.0. The Morgan fingerprint density at radius 3 is 2.52 bits per heavy atom. The van der Waals surface area contributed by atoms with Crippen molar-refractivity contribution in [3.05, 3.63) is 64.2 Å². The second-order valence-electron chi connectivity index (χ2n) is 7.54. The van der Waals surface area contributed by atoms with E-state index < -0.39 is 0 Å². The molecular formula is C23H31IN4O. The summed E-state index contributed by atoms with van der Waals surface area (Å²) in [5.74, 6) is 0.981. The van der Waals surface area contributed by atoms with E-state index >= 15 is 0 Å². The molecule has 156 valence electrons. The number of aryl methyl sites for hydroxylation is 3. The van der Waals surface area contributed by atoms with Gasteiger partial charge in [-0.1, -0.05) is 35.9 Å². The third-order valence-corrected chi connectivity index (χ3v) is 5.35. The average Bonchev–Trinajstić information content (AvgIpc) is 2.65. The van der Waals surface area contributed by atoms with E-state index in [-0.39, 0.29) is 35.8 Å². The van der Waals surface area contributed by atoms with Gasteiger partial charge in [-0.15, -0.1) is 24.0 Å². The molecule has 5 nitrogen and oxygen atoms in total. The summed E-state index contributed by atoms with van der Waals surface area (Å²) in [4.78, 5) is 16.3. The van der Waals surface area contributed by atoms with Crippen molar-refractivity contribution in [1.29, 1.82) is 0 Å². The summed E-state index contributed by atoms with van der Waals surface area (Å²) < 4.78 is 0. The molecular weight excluding hydrogens is 475 g/mol. The Kier molecular flexibility index (Phi) is 8.49. The van der Waals surface area contributed by atoms with E-state index in [4.69, 9.17) is 0 Å². The number of carbonyl (C=O) groups is 1. The molecule has 3 rings (SSSR count). The lowest BCUT2D eigenvalue weighted by Crippen LogP contribution is -2.41. The van der Waals surface area contributed by atoms with Crippen LogP contribution in [0.1, 0.15) is 40.2 Å². The maximum Gasteiger partial charge on any atom is 0.225 e. The second kappa shape index (κ2) is 10.6. The molecule has 0 saturated heterocycles. The normalized spacial score (nSPS) is 15.8. The van der Waals surface area contributed by atoms with E-state index in [1.807, 2.05) is 18.2 Å². The van der Waals surface area contributed by atoms with Crippen molar-refractivity contribution in [2.45, 2.75) is 39.5 Å². The number of guanidine groups is 1. The number of hydrogen-bond acceptors (Lipinski definition) is 2. The van der Waals surface area contributed by atoms with Crippen LogP contribution in [-0.4, -0.2) is 32.0 Å². The van der Waals surface area contributed by atoms with Gasteiger partial charge in [-0.2, -0.15) is 0 Å². The first-order valence-corrected chi connectivity index (χ1v) is 9.88. The van der Waals surface area contributed by atoms with Crippen LogP contribution in [0.25, 0.3) is 0 Å². The molecule has 0 radical (unpaired) electrons. The van der Waals surface area contributed by atoms with Crippen LogP contribution in [0.4, 0.5) is 5.69 Å². The van der Waals surface area contributed by atoms with E-state index in [1.54, 1.807) is 7.05 Å². The Balaban J connectivity index is 0.00000300. The number of anilines is 1. The second-order valence-corrected chi connectivity index (χ2v) is 7.54. The number of carbonyl (C=O) groups excluding carboxylic acids is 1. The van der Waals surface area contributed by atoms with Crippen LogP contribution in [0.3, 0.4) is 0 Å². The molecule has 3 N–H and O–H groups in total. The van der Waals surface area contributed by atoms with E-state index in [9.17, 15) is 4.79 Å². The third-order valence-electron chi connectivity index (χ3n) is 5.35. The number of nitrogens with one attached hydrogen (secondary N) is 3. The molecule has 2 aromatic rings. The molecule has 1 aliphatic heterocycles. The maximum atomic E-state index is 12.0. The Morgan fingerprint density at radius 1 is 1.14 bits per heavy atom. The predicted molar refractivity (Wildman–Crippen MR) is 132 cm³/mol. The number of amides is 1. The van der Waals surface area contributed by atoms with Gasteiger partial charge in [0.25, 0.3) is 0 Å². The summed E-state index contributed by atoms with van der Waals surface area (Å²) in [7, 11) is 1.78. The monoisotopic (exact) mass is 506 g/mol. The number of halogens is 1. The molecule has 1 amide bonds. The number of nitrogens with zero attached hydrogens (tertiary/aromatic N) is 1. The molecule has 1 unspecified atom stereocenters. The van der Waals surface area contributed by atoms with Crippen molar-refractivity contribution in [3.63, 3.8) is 0 Å². The molecule has 0 fully saturated rings. The number of benzene rings is 2. The van der Waals surface area contributed by atoms with Gasteiger partial charge in [-0.05, 0) is 55.5 Å². The minimum Gasteiger partial charge on any atom is -0.356 e. The van der Waals surface area contributed by atoms with Crippen LogP contribution in [0.2, 0.25) is 0 Å². The van der Waals surface area contributed by atoms with Gasteiger partial charge in [0.05, 0.1) is 0 Å². The molecule has 0 spiro atoms. The third kappa shape index (κ3) is 5.95. The number of rotatable bonds is 5. The van der Waals surface area contributed by atoms with Crippen LogP contribution in [0, 0.1) is 20.8 Å². The zero-order valence-electron chi connectivity index (χ0n) is 17.6. The van der Waals surface area contributed by atoms with Crippen molar-refractivity contribution < 1.29 is 4.79 Å². The molecule has 0 bridgehead atoms. The molecule has 6 heteroatoms. The van der Waals surface area contributed by atoms with Crippen LogP contribution in [0.15, 0.2) is 41.4 Å². The van der Waals surface area contributed by atoms with Crippen molar-refractivity contribution in [2.75, 3.05) is 25.5 Å². The van der Waals surface area contributed by atoms with Gasteiger partial charge >= 0.3 is 0 Å². The molecule has 29 heavy (non-hydrogen) atoms. The van der Waals surface area contributed by atoms with Crippen LogP contribution >= 0.6 is 24.0 Å². The zero-order valence-corrected chi connectivity index (χ0v) is 20.0. The minimum absolute atomic E-state index is 0. The van der Waals surface area contributed by atoms with Crippen LogP contribution in [0.5, 0.6) is 0 Å². The SMILES string of the molecule is CN=C(NCCc1c(C)cc(C)cc1C)NCC1CC(=O)Nc2ccccc21.I. The molecule has 2 aromatic carbocycles. The van der Waals surface area contributed by atoms with Gasteiger partial charge in [0.15, 0.2) is 5.96 Å². The van der Waals surface area contributed by atoms with Crippen molar-refractivity contribution >= 4 is 41.5 Å². The fraction of sp³-hybridized carbons (Fsp3) is 0.391. The summed E-state index contributed by atoms with van der Waals surface area (Å²) in [6.07, 6.45) is 1.44. The highest BCUT2D eigenvalue weighted by atomic mass is 127. The van der Waals surface area contributed by atoms with E-state index in [2.05, 4.69) is 59.9 Å². The van der Waals surface area contributed by atoms with Gasteiger partial charge in [-0.25, -0.2) is 0 Å². The summed E-state index contributed by atoms with van der Waals surface area (Å²) in [6.45, 7) is 7.97. The Hall–Kier alpha value is -2.09. The summed E-state index contributed by atoms with van der Waals surface area (Å²) in [5.41, 5.74) is 7.47. The van der Waals surface area contributed by atoms with Gasteiger partial charge < -0.3 is 16.0 Å². The smallest absolute Gasteiger partial charge is 0.225 e. The Labute approximate surface area is 190 Å². The van der Waals surface area contributed by atoms with Crippen molar-refractivity contribution in [1.82, 2.24) is 10.6 Å². The lowest BCUT2D eigenvalue weighted by molar-refractivity contribution is -0.116. The van der Waals surface area contributed by atoms with Crippen LogP contribution in [-0.2, 0) is 11.2 Å².